The van der Waals surface area contributed by atoms with Gasteiger partial charge in [0, 0.05) is 19.0 Å². The molecule has 29 heavy (non-hydrogen) atoms. The molecule has 11 heteroatoms. The molecule has 0 aliphatic carbocycles. The molecule has 1 amide bonds. The molecule has 150 valence electrons. The third-order valence-electron chi connectivity index (χ3n) is 4.77. The molecule has 0 aromatic carbocycles. The van der Waals surface area contributed by atoms with Gasteiger partial charge in [0.05, 0.1) is 12.8 Å². The second-order valence-corrected chi connectivity index (χ2v) is 7.41. The van der Waals surface area contributed by atoms with Gasteiger partial charge in [0.25, 0.3) is 0 Å². The molecular weight excluding hydrogens is 394 g/mol. The number of ether oxygens (including phenoxy) is 1. The number of carbonyl (C=O) groups is 2. The summed E-state index contributed by atoms with van der Waals surface area (Å²) in [6.45, 7) is 1.39. The third-order valence-corrected chi connectivity index (χ3v) is 5.67. The van der Waals surface area contributed by atoms with E-state index < -0.39 is 5.97 Å². The predicted molar refractivity (Wildman–Crippen MR) is 106 cm³/mol. The van der Waals surface area contributed by atoms with Gasteiger partial charge < -0.3 is 15.0 Å². The number of amides is 1. The summed E-state index contributed by atoms with van der Waals surface area (Å²) in [5, 5.41) is 17.1. The monoisotopic (exact) mass is 413 g/mol. The van der Waals surface area contributed by atoms with Crippen LogP contribution < -0.4 is 10.2 Å². The Kier molecular flexibility index (Phi) is 5.47. The van der Waals surface area contributed by atoms with Crippen molar-refractivity contribution in [3.8, 4) is 5.82 Å². The Morgan fingerprint density at radius 1 is 1.17 bits per heavy atom. The van der Waals surface area contributed by atoms with E-state index in [2.05, 4.69) is 30.5 Å². The average Bonchev–Trinajstić information content (AvgIpc) is 3.46. The molecule has 3 aromatic heterocycles. The summed E-state index contributed by atoms with van der Waals surface area (Å²) >= 11 is 1.25. The van der Waals surface area contributed by atoms with Gasteiger partial charge >= 0.3 is 5.97 Å². The summed E-state index contributed by atoms with van der Waals surface area (Å²) in [4.78, 5) is 30.8. The summed E-state index contributed by atoms with van der Waals surface area (Å²) in [5.74, 6) is 0.703. The van der Waals surface area contributed by atoms with E-state index in [4.69, 9.17) is 4.74 Å². The highest BCUT2D eigenvalue weighted by Gasteiger charge is 2.27. The van der Waals surface area contributed by atoms with Crippen molar-refractivity contribution in [3.63, 3.8) is 0 Å². The van der Waals surface area contributed by atoms with E-state index >= 15 is 0 Å². The maximum atomic E-state index is 12.6. The number of hydrogen-bond donors (Lipinski definition) is 1. The number of nitrogens with zero attached hydrogens (tertiary/aromatic N) is 6. The van der Waals surface area contributed by atoms with E-state index in [-0.39, 0.29) is 11.8 Å². The molecule has 1 aliphatic rings. The van der Waals surface area contributed by atoms with Gasteiger partial charge in [-0.05, 0) is 36.4 Å². The minimum atomic E-state index is -0.446. The van der Waals surface area contributed by atoms with Gasteiger partial charge in [0.1, 0.15) is 17.5 Å². The molecule has 0 spiro atoms. The maximum absolute atomic E-state index is 12.6. The van der Waals surface area contributed by atoms with Gasteiger partial charge in [-0.25, -0.2) is 14.5 Å². The first kappa shape index (κ1) is 19.0. The molecule has 1 saturated heterocycles. The Balaban J connectivity index is 1.34. The van der Waals surface area contributed by atoms with E-state index in [0.29, 0.717) is 42.3 Å². The maximum Gasteiger partial charge on any atom is 0.350 e. The van der Waals surface area contributed by atoms with Crippen molar-refractivity contribution in [1.82, 2.24) is 25.0 Å². The van der Waals surface area contributed by atoms with Crippen LogP contribution in [0.2, 0.25) is 0 Å². The lowest BCUT2D eigenvalue weighted by Gasteiger charge is -2.31. The molecule has 1 N–H and O–H groups in total. The first-order valence-corrected chi connectivity index (χ1v) is 9.94. The molecule has 4 heterocycles. The number of nitrogens with one attached hydrogen (secondary N) is 1. The molecule has 3 aromatic rings. The summed E-state index contributed by atoms with van der Waals surface area (Å²) in [6.07, 6.45) is 4.38. The Bertz CT molecular complexity index is 979. The Morgan fingerprint density at radius 2 is 1.93 bits per heavy atom. The molecule has 0 radical (unpaired) electrons. The highest BCUT2D eigenvalue weighted by Crippen LogP contribution is 2.26. The largest absolute Gasteiger partial charge is 0.465 e. The van der Waals surface area contributed by atoms with Crippen LogP contribution in [-0.2, 0) is 9.53 Å². The standard InChI is InChI=1S/C18H19N7O3S/c1-28-18(27)16-13(6-9-29-16)21-17(26)12-4-7-24(8-5-12)14-2-3-15(23-22-14)25-11-19-10-20-25/h2-3,6,9-12H,4-5,7-8H2,1H3,(H,21,26). The lowest BCUT2D eigenvalue weighted by Crippen LogP contribution is -2.38. The number of methoxy groups -OCH3 is 1. The highest BCUT2D eigenvalue weighted by molar-refractivity contribution is 7.12. The molecule has 0 unspecified atom stereocenters. The second-order valence-electron chi connectivity index (χ2n) is 6.50. The minimum absolute atomic E-state index is 0.0826. The number of esters is 1. The number of carbonyl (C=O) groups excluding carboxylic acids is 2. The fraction of sp³-hybridized carbons (Fsp3) is 0.333. The zero-order chi connectivity index (χ0) is 20.2. The van der Waals surface area contributed by atoms with Crippen LogP contribution in [0.4, 0.5) is 11.5 Å². The fourth-order valence-corrected chi connectivity index (χ4v) is 3.97. The normalized spacial score (nSPS) is 14.6. The van der Waals surface area contributed by atoms with Crippen LogP contribution in [0.5, 0.6) is 0 Å². The SMILES string of the molecule is COC(=O)c1sccc1NC(=O)C1CCN(c2ccc(-n3cncn3)nn2)CC1. The summed E-state index contributed by atoms with van der Waals surface area (Å²) in [5.41, 5.74) is 0.504. The van der Waals surface area contributed by atoms with Crippen molar-refractivity contribution in [2.75, 3.05) is 30.4 Å². The van der Waals surface area contributed by atoms with Crippen molar-refractivity contribution in [2.24, 2.45) is 5.92 Å². The summed E-state index contributed by atoms with van der Waals surface area (Å²) in [7, 11) is 1.32. The third kappa shape index (κ3) is 4.09. The molecule has 0 bridgehead atoms. The first-order valence-electron chi connectivity index (χ1n) is 9.06. The van der Waals surface area contributed by atoms with E-state index in [0.717, 1.165) is 5.82 Å². The molecule has 0 atom stereocenters. The number of thiophene rings is 1. The molecule has 4 rings (SSSR count). The number of hydrogen-bond acceptors (Lipinski definition) is 9. The zero-order valence-electron chi connectivity index (χ0n) is 15.7. The average molecular weight is 413 g/mol. The molecule has 10 nitrogen and oxygen atoms in total. The van der Waals surface area contributed by atoms with Gasteiger partial charge in [0.15, 0.2) is 11.6 Å². The van der Waals surface area contributed by atoms with Gasteiger partial charge in [-0.1, -0.05) is 0 Å². The summed E-state index contributed by atoms with van der Waals surface area (Å²) in [6, 6.07) is 5.44. The van der Waals surface area contributed by atoms with E-state index in [1.807, 2.05) is 12.1 Å². The van der Waals surface area contributed by atoms with Crippen molar-refractivity contribution in [1.29, 1.82) is 0 Å². The zero-order valence-corrected chi connectivity index (χ0v) is 16.5. The van der Waals surface area contributed by atoms with Crippen LogP contribution in [0.15, 0.2) is 36.2 Å². The smallest absolute Gasteiger partial charge is 0.350 e. The van der Waals surface area contributed by atoms with E-state index in [1.54, 1.807) is 22.5 Å². The Labute approximate surface area is 170 Å². The van der Waals surface area contributed by atoms with E-state index in [9.17, 15) is 9.59 Å². The van der Waals surface area contributed by atoms with Crippen molar-refractivity contribution >= 4 is 34.7 Å². The second kappa shape index (κ2) is 8.35. The van der Waals surface area contributed by atoms with Crippen LogP contribution in [0, 0.1) is 5.92 Å². The Hall–Kier alpha value is -3.34. The van der Waals surface area contributed by atoms with Gasteiger partial charge in [-0.15, -0.1) is 21.5 Å². The molecular formula is C18H19N7O3S. The van der Waals surface area contributed by atoms with Crippen LogP contribution in [0.3, 0.4) is 0 Å². The van der Waals surface area contributed by atoms with E-state index in [1.165, 1.54) is 24.8 Å². The van der Waals surface area contributed by atoms with Crippen LogP contribution >= 0.6 is 11.3 Å². The van der Waals surface area contributed by atoms with Gasteiger partial charge in [-0.3, -0.25) is 4.79 Å². The number of anilines is 2. The number of rotatable bonds is 5. The van der Waals surface area contributed by atoms with Gasteiger partial charge in [-0.2, -0.15) is 5.10 Å². The number of aromatic nitrogens is 5. The van der Waals surface area contributed by atoms with Crippen LogP contribution in [0.25, 0.3) is 5.82 Å². The van der Waals surface area contributed by atoms with Crippen LogP contribution in [0.1, 0.15) is 22.5 Å². The molecule has 1 aliphatic heterocycles. The summed E-state index contributed by atoms with van der Waals surface area (Å²) < 4.78 is 6.29. The van der Waals surface area contributed by atoms with Crippen molar-refractivity contribution in [2.45, 2.75) is 12.8 Å². The van der Waals surface area contributed by atoms with Crippen molar-refractivity contribution < 1.29 is 14.3 Å². The lowest BCUT2D eigenvalue weighted by atomic mass is 9.96. The first-order chi connectivity index (χ1) is 14.2. The topological polar surface area (TPSA) is 115 Å². The van der Waals surface area contributed by atoms with Gasteiger partial charge in [0.2, 0.25) is 5.91 Å². The van der Waals surface area contributed by atoms with Crippen LogP contribution in [-0.4, -0.2) is 57.0 Å². The lowest BCUT2D eigenvalue weighted by molar-refractivity contribution is -0.120. The fourth-order valence-electron chi connectivity index (χ4n) is 3.20. The number of piperidine rings is 1. The minimum Gasteiger partial charge on any atom is -0.465 e. The molecule has 0 saturated carbocycles. The highest BCUT2D eigenvalue weighted by atomic mass is 32.1. The Morgan fingerprint density at radius 3 is 2.59 bits per heavy atom. The van der Waals surface area contributed by atoms with Crippen molar-refractivity contribution in [3.05, 3.63) is 41.1 Å². The quantitative estimate of drug-likeness (QED) is 0.629. The molecule has 1 fully saturated rings. The predicted octanol–water partition coefficient (Wildman–Crippen LogP) is 1.76.